The minimum absolute atomic E-state index is 0.0796. The highest BCUT2D eigenvalue weighted by molar-refractivity contribution is 7.99. The van der Waals surface area contributed by atoms with Gasteiger partial charge < -0.3 is 24.4 Å². The SMILES string of the molecule is Cc1ccc(-n2c(SCC(=O)NCc3ccc4c(c3)OCO4)nnc2N2CCOCC2)cc1. The first kappa shape index (κ1) is 21.6. The first-order valence-corrected chi connectivity index (χ1v) is 11.8. The predicted molar refractivity (Wildman–Crippen MR) is 124 cm³/mol. The number of hydrogen-bond donors (Lipinski definition) is 1. The summed E-state index contributed by atoms with van der Waals surface area (Å²) in [5, 5.41) is 12.5. The number of amides is 1. The second kappa shape index (κ2) is 9.72. The van der Waals surface area contributed by atoms with Crippen molar-refractivity contribution in [1.82, 2.24) is 20.1 Å². The molecule has 1 N–H and O–H groups in total. The molecule has 0 radical (unpaired) electrons. The van der Waals surface area contributed by atoms with E-state index < -0.39 is 0 Å². The number of benzene rings is 2. The van der Waals surface area contributed by atoms with Crippen LogP contribution in [0.5, 0.6) is 11.5 Å². The molecule has 0 saturated carbocycles. The van der Waals surface area contributed by atoms with E-state index in [0.29, 0.717) is 30.7 Å². The van der Waals surface area contributed by atoms with Crippen molar-refractivity contribution >= 4 is 23.6 Å². The van der Waals surface area contributed by atoms with E-state index in [1.807, 2.05) is 34.9 Å². The summed E-state index contributed by atoms with van der Waals surface area (Å²) in [5.74, 6) is 2.36. The Morgan fingerprint density at radius 3 is 2.67 bits per heavy atom. The number of nitrogens with one attached hydrogen (secondary N) is 1. The zero-order valence-electron chi connectivity index (χ0n) is 18.3. The minimum Gasteiger partial charge on any atom is -0.454 e. The van der Waals surface area contributed by atoms with Gasteiger partial charge in [-0.25, -0.2) is 0 Å². The van der Waals surface area contributed by atoms with Crippen LogP contribution in [0.3, 0.4) is 0 Å². The molecule has 3 aromatic rings. The standard InChI is InChI=1S/C23H25N5O4S/c1-16-2-5-18(6-3-16)28-22(27-8-10-30-11-9-27)25-26-23(28)33-14-21(29)24-13-17-4-7-19-20(12-17)32-15-31-19/h2-7,12H,8-11,13-15H2,1H3,(H,24,29). The second-order valence-corrected chi connectivity index (χ2v) is 8.75. The molecule has 33 heavy (non-hydrogen) atoms. The van der Waals surface area contributed by atoms with Crippen molar-refractivity contribution < 1.29 is 19.0 Å². The third kappa shape index (κ3) is 4.91. The Kier molecular flexibility index (Phi) is 6.36. The van der Waals surface area contributed by atoms with E-state index in [1.165, 1.54) is 17.3 Å². The van der Waals surface area contributed by atoms with Gasteiger partial charge in [0.2, 0.25) is 18.6 Å². The van der Waals surface area contributed by atoms with Gasteiger partial charge in [0, 0.05) is 19.6 Å². The smallest absolute Gasteiger partial charge is 0.232 e. The fourth-order valence-electron chi connectivity index (χ4n) is 3.68. The fraction of sp³-hybridized carbons (Fsp3) is 0.348. The van der Waals surface area contributed by atoms with Gasteiger partial charge in [0.15, 0.2) is 16.7 Å². The second-order valence-electron chi connectivity index (χ2n) is 7.81. The van der Waals surface area contributed by atoms with E-state index >= 15 is 0 Å². The molecule has 0 aliphatic carbocycles. The summed E-state index contributed by atoms with van der Waals surface area (Å²) in [7, 11) is 0. The number of thioether (sulfide) groups is 1. The first-order valence-electron chi connectivity index (χ1n) is 10.8. The Balaban J connectivity index is 1.27. The lowest BCUT2D eigenvalue weighted by molar-refractivity contribution is -0.118. The van der Waals surface area contributed by atoms with Crippen LogP contribution in [-0.2, 0) is 16.1 Å². The van der Waals surface area contributed by atoms with Crippen LogP contribution >= 0.6 is 11.8 Å². The maximum atomic E-state index is 12.6. The lowest BCUT2D eigenvalue weighted by atomic mass is 10.2. The number of carbonyl (C=O) groups excluding carboxylic acids is 1. The number of aryl methyl sites for hydroxylation is 1. The van der Waals surface area contributed by atoms with Gasteiger partial charge in [0.05, 0.1) is 24.7 Å². The van der Waals surface area contributed by atoms with Gasteiger partial charge in [-0.1, -0.05) is 35.5 Å². The van der Waals surface area contributed by atoms with Crippen LogP contribution in [0.15, 0.2) is 47.6 Å². The van der Waals surface area contributed by atoms with Crippen molar-refractivity contribution in [3.8, 4) is 17.2 Å². The number of morpholine rings is 1. The molecule has 1 saturated heterocycles. The van der Waals surface area contributed by atoms with Crippen molar-refractivity contribution in [2.45, 2.75) is 18.6 Å². The maximum absolute atomic E-state index is 12.6. The van der Waals surface area contributed by atoms with E-state index in [0.717, 1.165) is 36.0 Å². The summed E-state index contributed by atoms with van der Waals surface area (Å²) in [6.07, 6.45) is 0. The Bertz CT molecular complexity index is 1130. The normalized spacial score (nSPS) is 15.0. The fourth-order valence-corrected chi connectivity index (χ4v) is 4.45. The molecule has 2 aliphatic rings. The lowest BCUT2D eigenvalue weighted by Crippen LogP contribution is -2.37. The number of rotatable bonds is 7. The molecule has 1 aromatic heterocycles. The summed E-state index contributed by atoms with van der Waals surface area (Å²) < 4.78 is 18.2. The molecule has 2 aromatic carbocycles. The highest BCUT2D eigenvalue weighted by atomic mass is 32.2. The van der Waals surface area contributed by atoms with E-state index in [-0.39, 0.29) is 18.5 Å². The van der Waals surface area contributed by atoms with E-state index in [1.54, 1.807) is 0 Å². The molecule has 1 fully saturated rings. The van der Waals surface area contributed by atoms with E-state index in [4.69, 9.17) is 14.2 Å². The number of aromatic nitrogens is 3. The number of anilines is 1. The average molecular weight is 468 g/mol. The summed E-state index contributed by atoms with van der Waals surface area (Å²) >= 11 is 1.37. The van der Waals surface area contributed by atoms with Crippen molar-refractivity contribution in [2.75, 3.05) is 43.7 Å². The highest BCUT2D eigenvalue weighted by Crippen LogP contribution is 2.32. The molecule has 172 valence electrons. The number of nitrogens with zero attached hydrogens (tertiary/aromatic N) is 4. The van der Waals surface area contributed by atoms with Gasteiger partial charge >= 0.3 is 0 Å². The van der Waals surface area contributed by atoms with Crippen molar-refractivity contribution in [3.05, 3.63) is 53.6 Å². The molecule has 0 atom stereocenters. The maximum Gasteiger partial charge on any atom is 0.232 e. The number of fused-ring (bicyclic) bond motifs is 1. The van der Waals surface area contributed by atoms with E-state index in [2.05, 4.69) is 39.5 Å². The van der Waals surface area contributed by atoms with Gasteiger partial charge in [-0.3, -0.25) is 9.36 Å². The molecule has 5 rings (SSSR count). The highest BCUT2D eigenvalue weighted by Gasteiger charge is 2.22. The Labute approximate surface area is 196 Å². The van der Waals surface area contributed by atoms with Crippen LogP contribution in [0.1, 0.15) is 11.1 Å². The van der Waals surface area contributed by atoms with Crippen LogP contribution in [0.2, 0.25) is 0 Å². The molecular weight excluding hydrogens is 442 g/mol. The predicted octanol–water partition coefficient (Wildman–Crippen LogP) is 2.55. The molecular formula is C23H25N5O4S. The molecule has 10 heteroatoms. The van der Waals surface area contributed by atoms with Crippen molar-refractivity contribution in [2.24, 2.45) is 0 Å². The molecule has 2 aliphatic heterocycles. The van der Waals surface area contributed by atoms with Crippen LogP contribution in [-0.4, -0.2) is 59.5 Å². The largest absolute Gasteiger partial charge is 0.454 e. The van der Waals surface area contributed by atoms with Crippen LogP contribution in [0, 0.1) is 6.92 Å². The number of ether oxygens (including phenoxy) is 3. The molecule has 0 spiro atoms. The van der Waals surface area contributed by atoms with Crippen LogP contribution < -0.4 is 19.7 Å². The van der Waals surface area contributed by atoms with E-state index in [9.17, 15) is 4.79 Å². The molecule has 3 heterocycles. The lowest BCUT2D eigenvalue weighted by Gasteiger charge is -2.27. The Morgan fingerprint density at radius 1 is 1.06 bits per heavy atom. The van der Waals surface area contributed by atoms with Gasteiger partial charge in [0.25, 0.3) is 0 Å². The molecule has 0 bridgehead atoms. The van der Waals surface area contributed by atoms with Crippen molar-refractivity contribution in [3.63, 3.8) is 0 Å². The Morgan fingerprint density at radius 2 is 1.85 bits per heavy atom. The summed E-state index contributed by atoms with van der Waals surface area (Å²) in [6.45, 7) is 5.53. The zero-order valence-corrected chi connectivity index (χ0v) is 19.1. The summed E-state index contributed by atoms with van der Waals surface area (Å²) in [6, 6.07) is 13.9. The third-order valence-electron chi connectivity index (χ3n) is 5.46. The summed E-state index contributed by atoms with van der Waals surface area (Å²) in [4.78, 5) is 14.7. The van der Waals surface area contributed by atoms with Gasteiger partial charge in [-0.2, -0.15) is 0 Å². The zero-order chi connectivity index (χ0) is 22.6. The van der Waals surface area contributed by atoms with Crippen molar-refractivity contribution in [1.29, 1.82) is 0 Å². The van der Waals surface area contributed by atoms with Gasteiger partial charge in [-0.05, 0) is 36.8 Å². The number of hydrogen-bond acceptors (Lipinski definition) is 8. The average Bonchev–Trinajstić information content (AvgIpc) is 3.49. The number of carbonyl (C=O) groups is 1. The topological polar surface area (TPSA) is 90.7 Å². The van der Waals surface area contributed by atoms with Gasteiger partial charge in [-0.15, -0.1) is 10.2 Å². The Hall–Kier alpha value is -3.24. The van der Waals surface area contributed by atoms with Gasteiger partial charge in [0.1, 0.15) is 0 Å². The van der Waals surface area contributed by atoms with Crippen LogP contribution in [0.25, 0.3) is 5.69 Å². The molecule has 0 unspecified atom stereocenters. The minimum atomic E-state index is -0.0796. The molecule has 1 amide bonds. The quantitative estimate of drug-likeness (QED) is 0.530. The first-order chi connectivity index (χ1) is 16.2. The van der Waals surface area contributed by atoms with Crippen LogP contribution in [0.4, 0.5) is 5.95 Å². The monoisotopic (exact) mass is 467 g/mol. The molecule has 9 nitrogen and oxygen atoms in total. The summed E-state index contributed by atoms with van der Waals surface area (Å²) in [5.41, 5.74) is 3.10. The third-order valence-corrected chi connectivity index (χ3v) is 6.39.